The van der Waals surface area contributed by atoms with Crippen molar-refractivity contribution in [3.8, 4) is 0 Å². The maximum atomic E-state index is 5.75. The van der Waals surface area contributed by atoms with Gasteiger partial charge in [0.1, 0.15) is 5.82 Å². The van der Waals surface area contributed by atoms with E-state index in [2.05, 4.69) is 15.3 Å². The molecule has 0 unspecified atom stereocenters. The first-order valence-electron chi connectivity index (χ1n) is 4.64. The number of hydrogen-bond acceptors (Lipinski definition) is 4. The highest BCUT2D eigenvalue weighted by molar-refractivity contribution is 5.42. The molecule has 72 valence electrons. The van der Waals surface area contributed by atoms with Crippen LogP contribution in [-0.2, 0) is 0 Å². The third kappa shape index (κ3) is 0.990. The highest BCUT2D eigenvalue weighted by atomic mass is 15.1. The Balaban J connectivity index is 2.13. The average molecular weight is 189 g/mol. The molecule has 5 nitrogen and oxygen atoms in total. The van der Waals surface area contributed by atoms with E-state index in [0.29, 0.717) is 17.5 Å². The van der Waals surface area contributed by atoms with E-state index in [4.69, 9.17) is 5.73 Å². The Morgan fingerprint density at radius 1 is 1.36 bits per heavy atom. The summed E-state index contributed by atoms with van der Waals surface area (Å²) < 4.78 is 1.83. The second-order valence-corrected chi connectivity index (χ2v) is 3.60. The Labute approximate surface area is 81.0 Å². The molecule has 2 aromatic rings. The van der Waals surface area contributed by atoms with Gasteiger partial charge in [-0.15, -0.1) is 0 Å². The van der Waals surface area contributed by atoms with E-state index in [-0.39, 0.29) is 0 Å². The van der Waals surface area contributed by atoms with Crippen LogP contribution in [0.25, 0.3) is 5.78 Å². The van der Waals surface area contributed by atoms with E-state index in [1.165, 1.54) is 5.56 Å². The standard InChI is InChI=1S/C9H11N5/c10-8-4-13-9-12-3-7(5-14(8)9)6-1-11-2-6/h3-6,11H,1-2,10H2. The summed E-state index contributed by atoms with van der Waals surface area (Å²) in [6.45, 7) is 2.06. The van der Waals surface area contributed by atoms with Gasteiger partial charge < -0.3 is 11.1 Å². The Morgan fingerprint density at radius 2 is 2.14 bits per heavy atom. The molecule has 0 amide bonds. The van der Waals surface area contributed by atoms with Crippen molar-refractivity contribution in [1.29, 1.82) is 0 Å². The molecule has 3 rings (SSSR count). The molecule has 0 atom stereocenters. The van der Waals surface area contributed by atoms with Crippen molar-refractivity contribution in [3.05, 3.63) is 24.2 Å². The van der Waals surface area contributed by atoms with Crippen LogP contribution < -0.4 is 11.1 Å². The van der Waals surface area contributed by atoms with Gasteiger partial charge >= 0.3 is 0 Å². The second kappa shape index (κ2) is 2.68. The van der Waals surface area contributed by atoms with Crippen LogP contribution >= 0.6 is 0 Å². The summed E-state index contributed by atoms with van der Waals surface area (Å²) in [7, 11) is 0. The lowest BCUT2D eigenvalue weighted by molar-refractivity contribution is 0.446. The lowest BCUT2D eigenvalue weighted by Crippen LogP contribution is -2.40. The molecule has 5 heteroatoms. The fourth-order valence-electron chi connectivity index (χ4n) is 1.64. The minimum absolute atomic E-state index is 0.577. The fourth-order valence-corrected chi connectivity index (χ4v) is 1.64. The van der Waals surface area contributed by atoms with Gasteiger partial charge in [0.05, 0.1) is 6.20 Å². The van der Waals surface area contributed by atoms with Gasteiger partial charge in [0.25, 0.3) is 0 Å². The van der Waals surface area contributed by atoms with Crippen molar-refractivity contribution < 1.29 is 0 Å². The highest BCUT2D eigenvalue weighted by Gasteiger charge is 2.19. The number of nitrogens with two attached hydrogens (primary N) is 1. The Morgan fingerprint density at radius 3 is 2.86 bits per heavy atom. The number of fused-ring (bicyclic) bond motifs is 1. The highest BCUT2D eigenvalue weighted by Crippen LogP contribution is 2.19. The summed E-state index contributed by atoms with van der Waals surface area (Å²) >= 11 is 0. The van der Waals surface area contributed by atoms with Crippen molar-refractivity contribution in [2.45, 2.75) is 5.92 Å². The Kier molecular flexibility index (Phi) is 1.49. The quantitative estimate of drug-likeness (QED) is 0.662. The van der Waals surface area contributed by atoms with Gasteiger partial charge in [-0.25, -0.2) is 9.97 Å². The van der Waals surface area contributed by atoms with Crippen molar-refractivity contribution in [3.63, 3.8) is 0 Å². The summed E-state index contributed by atoms with van der Waals surface area (Å²) in [5, 5.41) is 3.23. The fraction of sp³-hybridized carbons (Fsp3) is 0.333. The molecule has 1 aliphatic heterocycles. The first-order chi connectivity index (χ1) is 6.84. The lowest BCUT2D eigenvalue weighted by atomic mass is 9.97. The monoisotopic (exact) mass is 189 g/mol. The first kappa shape index (κ1) is 7.75. The molecule has 0 saturated carbocycles. The van der Waals surface area contributed by atoms with Crippen molar-refractivity contribution in [1.82, 2.24) is 19.7 Å². The van der Waals surface area contributed by atoms with Crippen molar-refractivity contribution in [2.24, 2.45) is 0 Å². The maximum Gasteiger partial charge on any atom is 0.235 e. The summed E-state index contributed by atoms with van der Waals surface area (Å²) in [5.41, 5.74) is 6.97. The van der Waals surface area contributed by atoms with E-state index in [0.717, 1.165) is 13.1 Å². The van der Waals surface area contributed by atoms with Crippen LogP contribution in [-0.4, -0.2) is 27.5 Å². The molecule has 1 fully saturated rings. The van der Waals surface area contributed by atoms with E-state index in [9.17, 15) is 0 Å². The molecular formula is C9H11N5. The lowest BCUT2D eigenvalue weighted by Gasteiger charge is -2.26. The molecule has 0 radical (unpaired) electrons. The van der Waals surface area contributed by atoms with E-state index >= 15 is 0 Å². The predicted octanol–water partition coefficient (Wildman–Crippen LogP) is -0.00170. The minimum atomic E-state index is 0.577. The average Bonchev–Trinajstić information content (AvgIpc) is 2.45. The number of rotatable bonds is 1. The van der Waals surface area contributed by atoms with Gasteiger partial charge in [-0.2, -0.15) is 0 Å². The summed E-state index contributed by atoms with van der Waals surface area (Å²) in [4.78, 5) is 8.32. The second-order valence-electron chi connectivity index (χ2n) is 3.60. The molecule has 0 aromatic carbocycles. The molecule has 0 bridgehead atoms. The molecule has 1 saturated heterocycles. The third-order valence-electron chi connectivity index (χ3n) is 2.67. The molecule has 3 heterocycles. The minimum Gasteiger partial charge on any atom is -0.383 e. The van der Waals surface area contributed by atoms with E-state index in [1.807, 2.05) is 16.8 Å². The summed E-state index contributed by atoms with van der Waals surface area (Å²) in [6.07, 6.45) is 5.54. The zero-order valence-corrected chi connectivity index (χ0v) is 7.64. The number of hydrogen-bond donors (Lipinski definition) is 2. The molecule has 0 aliphatic carbocycles. The Bertz CT molecular complexity index is 471. The van der Waals surface area contributed by atoms with Crippen LogP contribution in [0.3, 0.4) is 0 Å². The van der Waals surface area contributed by atoms with Gasteiger partial charge in [-0.3, -0.25) is 4.40 Å². The zero-order chi connectivity index (χ0) is 9.54. The normalized spacial score (nSPS) is 17.1. The van der Waals surface area contributed by atoms with Gasteiger partial charge in [0.2, 0.25) is 5.78 Å². The van der Waals surface area contributed by atoms with Crippen LogP contribution in [0.4, 0.5) is 5.82 Å². The largest absolute Gasteiger partial charge is 0.383 e. The van der Waals surface area contributed by atoms with E-state index < -0.39 is 0 Å². The molecule has 3 N–H and O–H groups in total. The molecule has 0 spiro atoms. The third-order valence-corrected chi connectivity index (χ3v) is 2.67. The SMILES string of the molecule is Nc1cnc2ncc(C3CNC3)cn12. The van der Waals surface area contributed by atoms with Crippen LogP contribution in [0.2, 0.25) is 0 Å². The van der Waals surface area contributed by atoms with Crippen LogP contribution in [0, 0.1) is 0 Å². The number of nitrogens with one attached hydrogen (secondary N) is 1. The van der Waals surface area contributed by atoms with Gasteiger partial charge in [0.15, 0.2) is 0 Å². The number of nitrogen functional groups attached to an aromatic ring is 1. The maximum absolute atomic E-state index is 5.75. The van der Waals surface area contributed by atoms with Crippen LogP contribution in [0.15, 0.2) is 18.6 Å². The number of nitrogens with zero attached hydrogens (tertiary/aromatic N) is 3. The topological polar surface area (TPSA) is 68.2 Å². The molecule has 1 aliphatic rings. The zero-order valence-electron chi connectivity index (χ0n) is 7.64. The first-order valence-corrected chi connectivity index (χ1v) is 4.64. The summed E-state index contributed by atoms with van der Waals surface area (Å²) in [5.74, 6) is 1.88. The van der Waals surface area contributed by atoms with Crippen LogP contribution in [0.5, 0.6) is 0 Å². The number of imidazole rings is 1. The number of aromatic nitrogens is 3. The van der Waals surface area contributed by atoms with E-state index in [1.54, 1.807) is 6.20 Å². The van der Waals surface area contributed by atoms with Gasteiger partial charge in [-0.05, 0) is 5.56 Å². The predicted molar refractivity (Wildman–Crippen MR) is 53.0 cm³/mol. The van der Waals surface area contributed by atoms with Crippen molar-refractivity contribution in [2.75, 3.05) is 18.8 Å². The Hall–Kier alpha value is -1.62. The smallest absolute Gasteiger partial charge is 0.235 e. The van der Waals surface area contributed by atoms with Crippen molar-refractivity contribution >= 4 is 11.6 Å². The van der Waals surface area contributed by atoms with Gasteiger partial charge in [0, 0.05) is 31.4 Å². The molecule has 14 heavy (non-hydrogen) atoms. The molecule has 2 aromatic heterocycles. The van der Waals surface area contributed by atoms with Gasteiger partial charge in [-0.1, -0.05) is 0 Å². The molecular weight excluding hydrogens is 178 g/mol. The number of anilines is 1. The van der Waals surface area contributed by atoms with Crippen LogP contribution in [0.1, 0.15) is 11.5 Å². The summed E-state index contributed by atoms with van der Waals surface area (Å²) in [6, 6.07) is 0.